The van der Waals surface area contributed by atoms with Crippen molar-refractivity contribution in [2.24, 2.45) is 0 Å². The Morgan fingerprint density at radius 3 is 2.64 bits per heavy atom. The minimum atomic E-state index is -0.155. The van der Waals surface area contributed by atoms with Crippen LogP contribution in [0.25, 0.3) is 0 Å². The molecule has 0 radical (unpaired) electrons. The molecular weight excluding hydrogens is 278 g/mol. The van der Waals surface area contributed by atoms with Gasteiger partial charge in [-0.25, -0.2) is 0 Å². The van der Waals surface area contributed by atoms with E-state index in [0.29, 0.717) is 11.1 Å². The van der Waals surface area contributed by atoms with E-state index in [1.807, 2.05) is 14.0 Å². The number of nitrogens with zero attached hydrogens (tertiary/aromatic N) is 3. The highest BCUT2D eigenvalue weighted by Crippen LogP contribution is 2.13. The lowest BCUT2D eigenvalue weighted by molar-refractivity contribution is 0.000800. The molecule has 1 fully saturated rings. The molecule has 22 heavy (non-hydrogen) atoms. The standard InChI is InChI=1S/C17H23N3O2/c1-13(4-3-9-20-11-16(21)12-20)19(2)17(22)15-7-5-14(10-18)6-8-15/h5-8,13,16,21H,3-4,9,11-12H2,1-2H3/t13-/m0/s1. The van der Waals surface area contributed by atoms with Crippen LogP contribution in [0, 0.1) is 11.3 Å². The molecule has 0 aromatic heterocycles. The molecule has 1 aromatic carbocycles. The van der Waals surface area contributed by atoms with Crippen LogP contribution in [0.15, 0.2) is 24.3 Å². The van der Waals surface area contributed by atoms with Crippen molar-refractivity contribution >= 4 is 5.91 Å². The smallest absolute Gasteiger partial charge is 0.253 e. The largest absolute Gasteiger partial charge is 0.390 e. The van der Waals surface area contributed by atoms with E-state index in [4.69, 9.17) is 5.26 Å². The Bertz CT molecular complexity index is 544. The van der Waals surface area contributed by atoms with Crippen molar-refractivity contribution in [2.45, 2.75) is 31.9 Å². The van der Waals surface area contributed by atoms with Crippen LogP contribution in [-0.2, 0) is 0 Å². The van der Waals surface area contributed by atoms with E-state index < -0.39 is 0 Å². The van der Waals surface area contributed by atoms with E-state index in [1.54, 1.807) is 29.2 Å². The lowest BCUT2D eigenvalue weighted by Crippen LogP contribution is -2.50. The number of aliphatic hydroxyl groups excluding tert-OH is 1. The van der Waals surface area contributed by atoms with Crippen LogP contribution in [0.2, 0.25) is 0 Å². The minimum Gasteiger partial charge on any atom is -0.390 e. The van der Waals surface area contributed by atoms with Crippen LogP contribution in [0.4, 0.5) is 0 Å². The van der Waals surface area contributed by atoms with E-state index in [0.717, 1.165) is 32.5 Å². The zero-order chi connectivity index (χ0) is 16.1. The van der Waals surface area contributed by atoms with Gasteiger partial charge in [-0.1, -0.05) is 0 Å². The Morgan fingerprint density at radius 1 is 1.45 bits per heavy atom. The molecule has 0 saturated carbocycles. The number of carbonyl (C=O) groups excluding carboxylic acids is 1. The molecule has 5 heteroatoms. The first-order chi connectivity index (χ1) is 10.5. The van der Waals surface area contributed by atoms with Gasteiger partial charge in [0.15, 0.2) is 0 Å². The van der Waals surface area contributed by atoms with Crippen molar-refractivity contribution in [1.82, 2.24) is 9.80 Å². The van der Waals surface area contributed by atoms with E-state index in [2.05, 4.69) is 11.0 Å². The van der Waals surface area contributed by atoms with Gasteiger partial charge < -0.3 is 10.0 Å². The summed E-state index contributed by atoms with van der Waals surface area (Å²) in [5.41, 5.74) is 1.17. The van der Waals surface area contributed by atoms with Crippen LogP contribution in [-0.4, -0.2) is 59.6 Å². The summed E-state index contributed by atoms with van der Waals surface area (Å²) in [5.74, 6) is -0.0173. The predicted octanol–water partition coefficient (Wildman–Crippen LogP) is 1.48. The van der Waals surface area contributed by atoms with E-state index in [-0.39, 0.29) is 18.1 Å². The second kappa shape index (κ2) is 7.39. The summed E-state index contributed by atoms with van der Waals surface area (Å²) in [5, 5.41) is 18.0. The van der Waals surface area contributed by atoms with Gasteiger partial charge in [0.25, 0.3) is 5.91 Å². The molecule has 0 spiro atoms. The lowest BCUT2D eigenvalue weighted by atomic mass is 10.1. The van der Waals surface area contributed by atoms with Gasteiger partial charge >= 0.3 is 0 Å². The first kappa shape index (κ1) is 16.5. The summed E-state index contributed by atoms with van der Waals surface area (Å²) < 4.78 is 0. The Balaban J connectivity index is 1.79. The van der Waals surface area contributed by atoms with Gasteiger partial charge in [0.2, 0.25) is 0 Å². The van der Waals surface area contributed by atoms with Gasteiger partial charge in [-0.05, 0) is 50.6 Å². The number of amides is 1. The van der Waals surface area contributed by atoms with Crippen molar-refractivity contribution < 1.29 is 9.90 Å². The molecule has 1 aromatic rings. The molecule has 1 aliphatic rings. The molecule has 118 valence electrons. The van der Waals surface area contributed by atoms with E-state index in [1.165, 1.54) is 0 Å². The molecule has 1 saturated heterocycles. The highest BCUT2D eigenvalue weighted by Gasteiger charge is 2.24. The first-order valence-corrected chi connectivity index (χ1v) is 7.69. The fourth-order valence-electron chi connectivity index (χ4n) is 2.62. The van der Waals surface area contributed by atoms with Crippen molar-refractivity contribution in [3.05, 3.63) is 35.4 Å². The number of rotatable bonds is 6. The third-order valence-corrected chi connectivity index (χ3v) is 4.28. The predicted molar refractivity (Wildman–Crippen MR) is 84.4 cm³/mol. The number of likely N-dealkylation sites (tertiary alicyclic amines) is 1. The summed E-state index contributed by atoms with van der Waals surface area (Å²) in [4.78, 5) is 16.4. The van der Waals surface area contributed by atoms with Gasteiger partial charge in [0, 0.05) is 31.7 Å². The van der Waals surface area contributed by atoms with Crippen LogP contribution >= 0.6 is 0 Å². The van der Waals surface area contributed by atoms with Gasteiger partial charge in [-0.3, -0.25) is 9.69 Å². The molecule has 1 aliphatic heterocycles. The molecule has 1 N–H and O–H groups in total. The molecule has 2 rings (SSSR count). The average molecular weight is 301 g/mol. The minimum absolute atomic E-state index is 0.0173. The van der Waals surface area contributed by atoms with Gasteiger partial charge in [0.1, 0.15) is 0 Å². The third-order valence-electron chi connectivity index (χ3n) is 4.28. The fourth-order valence-corrected chi connectivity index (χ4v) is 2.62. The maximum absolute atomic E-state index is 12.4. The number of β-amino-alcohol motifs (C(OH)–C–C–N with tert-alkyl or cyclic N) is 1. The summed E-state index contributed by atoms with van der Waals surface area (Å²) >= 11 is 0. The Morgan fingerprint density at radius 2 is 2.09 bits per heavy atom. The SMILES string of the molecule is C[C@@H](CCCN1CC(O)C1)N(C)C(=O)c1ccc(C#N)cc1. The van der Waals surface area contributed by atoms with Gasteiger partial charge in [-0.2, -0.15) is 5.26 Å². The highest BCUT2D eigenvalue weighted by atomic mass is 16.3. The third kappa shape index (κ3) is 4.06. The fraction of sp³-hybridized carbons (Fsp3) is 0.529. The molecule has 0 unspecified atom stereocenters. The normalized spacial score (nSPS) is 16.6. The quantitative estimate of drug-likeness (QED) is 0.864. The van der Waals surface area contributed by atoms with Crippen LogP contribution in [0.5, 0.6) is 0 Å². The van der Waals surface area contributed by atoms with Gasteiger partial charge in [0.05, 0.1) is 17.7 Å². The van der Waals surface area contributed by atoms with Crippen molar-refractivity contribution in [1.29, 1.82) is 5.26 Å². The zero-order valence-electron chi connectivity index (χ0n) is 13.2. The number of aliphatic hydroxyl groups is 1. The number of hydrogen-bond acceptors (Lipinski definition) is 4. The first-order valence-electron chi connectivity index (χ1n) is 7.69. The topological polar surface area (TPSA) is 67.6 Å². The number of hydrogen-bond donors (Lipinski definition) is 1. The molecule has 1 heterocycles. The van der Waals surface area contributed by atoms with Crippen LogP contribution < -0.4 is 0 Å². The second-order valence-electron chi connectivity index (χ2n) is 6.01. The summed E-state index contributed by atoms with van der Waals surface area (Å²) in [6.07, 6.45) is 1.79. The Kier molecular flexibility index (Phi) is 5.53. The van der Waals surface area contributed by atoms with Crippen LogP contribution in [0.3, 0.4) is 0 Å². The molecule has 0 aliphatic carbocycles. The summed E-state index contributed by atoms with van der Waals surface area (Å²) in [6.45, 7) is 4.57. The molecular formula is C17H23N3O2. The van der Waals surface area contributed by atoms with Crippen LogP contribution in [0.1, 0.15) is 35.7 Å². The molecule has 5 nitrogen and oxygen atoms in total. The van der Waals surface area contributed by atoms with Gasteiger partial charge in [-0.15, -0.1) is 0 Å². The number of benzene rings is 1. The molecule has 0 bridgehead atoms. The Hall–Kier alpha value is -1.90. The Labute approximate surface area is 131 Å². The lowest BCUT2D eigenvalue weighted by Gasteiger charge is -2.36. The monoisotopic (exact) mass is 301 g/mol. The average Bonchev–Trinajstić information content (AvgIpc) is 2.51. The van der Waals surface area contributed by atoms with Crippen molar-refractivity contribution in [2.75, 3.05) is 26.7 Å². The zero-order valence-corrected chi connectivity index (χ0v) is 13.2. The number of nitriles is 1. The van der Waals surface area contributed by atoms with E-state index >= 15 is 0 Å². The summed E-state index contributed by atoms with van der Waals surface area (Å²) in [6, 6.07) is 8.95. The highest BCUT2D eigenvalue weighted by molar-refractivity contribution is 5.94. The summed E-state index contributed by atoms with van der Waals surface area (Å²) in [7, 11) is 1.82. The molecule has 1 atom stereocenters. The maximum Gasteiger partial charge on any atom is 0.253 e. The molecule has 1 amide bonds. The van der Waals surface area contributed by atoms with E-state index in [9.17, 15) is 9.90 Å². The number of carbonyl (C=O) groups is 1. The second-order valence-corrected chi connectivity index (χ2v) is 6.01. The van der Waals surface area contributed by atoms with Crippen molar-refractivity contribution in [3.63, 3.8) is 0 Å². The maximum atomic E-state index is 12.4. The van der Waals surface area contributed by atoms with Crippen molar-refractivity contribution in [3.8, 4) is 6.07 Å².